The quantitative estimate of drug-likeness (QED) is 0.741. The van der Waals surface area contributed by atoms with Crippen LogP contribution in [-0.2, 0) is 19.1 Å². The summed E-state index contributed by atoms with van der Waals surface area (Å²) in [6.07, 6.45) is -0.0232. The Balaban J connectivity index is 2.20. The van der Waals surface area contributed by atoms with Gasteiger partial charge in [-0.1, -0.05) is 19.9 Å². The largest absolute Gasteiger partial charge is 0.479 e. The van der Waals surface area contributed by atoms with Crippen LogP contribution in [-0.4, -0.2) is 46.6 Å². The highest BCUT2D eigenvalue weighted by Gasteiger charge is 2.70. The van der Waals surface area contributed by atoms with Gasteiger partial charge >= 0.3 is 5.97 Å². The fourth-order valence-corrected chi connectivity index (χ4v) is 3.91. The third-order valence-electron chi connectivity index (χ3n) is 5.35. The lowest BCUT2D eigenvalue weighted by atomic mass is 9.60. The van der Waals surface area contributed by atoms with Gasteiger partial charge in [0, 0.05) is 5.92 Å². The average Bonchev–Trinajstić information content (AvgIpc) is 2.63. The predicted octanol–water partition coefficient (Wildman–Crippen LogP) is 0.735. The Hall–Kier alpha value is -1.24. The first-order chi connectivity index (χ1) is 9.74. The molecule has 3 aliphatic heterocycles. The molecule has 6 heteroatoms. The predicted molar refractivity (Wildman–Crippen MR) is 71.3 cm³/mol. The maximum absolute atomic E-state index is 12.7. The molecule has 3 fully saturated rings. The molecule has 0 aromatic heterocycles. The number of aliphatic hydroxyl groups is 1. The number of carbonyl (C=O) groups excluding carboxylic acids is 1. The van der Waals surface area contributed by atoms with Gasteiger partial charge in [-0.3, -0.25) is 4.79 Å². The van der Waals surface area contributed by atoms with Crippen LogP contribution in [0.1, 0.15) is 27.2 Å². The van der Waals surface area contributed by atoms with Gasteiger partial charge in [-0.25, -0.2) is 4.79 Å². The number of carboxylic acid groups (broad SMARTS) is 1. The number of allylic oxidation sites excluding steroid dienone is 1. The molecule has 0 unspecified atom stereocenters. The highest BCUT2D eigenvalue weighted by molar-refractivity contribution is 6.02. The van der Waals surface area contributed by atoms with E-state index in [2.05, 4.69) is 0 Å². The Kier molecular flexibility index (Phi) is 3.06. The van der Waals surface area contributed by atoms with Crippen molar-refractivity contribution in [3.05, 3.63) is 11.6 Å². The summed E-state index contributed by atoms with van der Waals surface area (Å²) < 4.78 is 11.5. The van der Waals surface area contributed by atoms with Crippen molar-refractivity contribution in [3.63, 3.8) is 0 Å². The molecule has 0 radical (unpaired) electrons. The number of rotatable bonds is 1. The van der Waals surface area contributed by atoms with E-state index in [4.69, 9.17) is 9.47 Å². The molecule has 3 saturated heterocycles. The van der Waals surface area contributed by atoms with Gasteiger partial charge in [-0.2, -0.15) is 0 Å². The minimum atomic E-state index is -1.70. The fourth-order valence-electron chi connectivity index (χ4n) is 3.91. The highest BCUT2D eigenvalue weighted by Crippen LogP contribution is 2.57. The summed E-state index contributed by atoms with van der Waals surface area (Å²) in [6.45, 7) is 5.41. The lowest BCUT2D eigenvalue weighted by Crippen LogP contribution is -2.69. The third-order valence-corrected chi connectivity index (χ3v) is 5.35. The molecular formula is C15H20O6. The first-order valence-electron chi connectivity index (χ1n) is 7.19. The number of carboxylic acids is 1. The van der Waals surface area contributed by atoms with Crippen molar-refractivity contribution in [3.8, 4) is 0 Å². The lowest BCUT2D eigenvalue weighted by Gasteiger charge is -2.55. The zero-order valence-corrected chi connectivity index (χ0v) is 12.3. The molecule has 21 heavy (non-hydrogen) atoms. The minimum absolute atomic E-state index is 0.195. The normalized spacial score (nSPS) is 49.3. The number of hydrogen-bond acceptors (Lipinski definition) is 5. The SMILES string of the molecule is CC1=CC[C@@]2(C)[C@@H](O)[C@@H]3[C@@H](C(=O)O)O[C@]2(OC[C@@H]3C)C1=O. The molecule has 0 amide bonds. The van der Waals surface area contributed by atoms with Crippen LogP contribution in [0.3, 0.4) is 0 Å². The van der Waals surface area contributed by atoms with Crippen LogP contribution in [0.4, 0.5) is 0 Å². The maximum Gasteiger partial charge on any atom is 0.333 e. The summed E-state index contributed by atoms with van der Waals surface area (Å²) in [4.78, 5) is 24.2. The van der Waals surface area contributed by atoms with E-state index in [-0.39, 0.29) is 18.3 Å². The van der Waals surface area contributed by atoms with Crippen LogP contribution in [0, 0.1) is 17.3 Å². The van der Waals surface area contributed by atoms with E-state index >= 15 is 0 Å². The first-order valence-corrected chi connectivity index (χ1v) is 7.19. The zero-order valence-electron chi connectivity index (χ0n) is 12.3. The van der Waals surface area contributed by atoms with E-state index in [9.17, 15) is 19.8 Å². The third kappa shape index (κ3) is 1.64. The van der Waals surface area contributed by atoms with Gasteiger partial charge in [0.25, 0.3) is 0 Å². The summed E-state index contributed by atoms with van der Waals surface area (Å²) in [6, 6.07) is 0. The Morgan fingerprint density at radius 3 is 2.76 bits per heavy atom. The second kappa shape index (κ2) is 4.38. The zero-order chi connectivity index (χ0) is 15.6. The van der Waals surface area contributed by atoms with E-state index in [0.29, 0.717) is 12.0 Å². The molecule has 0 aromatic carbocycles. The highest BCUT2D eigenvalue weighted by atomic mass is 16.7. The molecule has 2 N–H and O–H groups in total. The number of Topliss-reactive ketones (excluding diaryl/α,β-unsaturated/α-hetero) is 1. The minimum Gasteiger partial charge on any atom is -0.479 e. The van der Waals surface area contributed by atoms with E-state index < -0.39 is 35.3 Å². The summed E-state index contributed by atoms with van der Waals surface area (Å²) in [5.74, 6) is -4.05. The van der Waals surface area contributed by atoms with Crippen molar-refractivity contribution >= 4 is 11.8 Å². The molecule has 4 aliphatic rings. The van der Waals surface area contributed by atoms with Gasteiger partial charge < -0.3 is 19.7 Å². The smallest absolute Gasteiger partial charge is 0.333 e. The standard InChI is InChI=1S/C15H20O6/c1-7-4-5-14(3)12(17)9-8(2)6-20-15(14,11(7)16)21-10(9)13(18)19/h4,8-10,12,17H,5-6H2,1-3H3,(H,18,19)/t8-,9-,10-,12-,14-,15+/m0/s1. The van der Waals surface area contributed by atoms with Crippen molar-refractivity contribution in [1.82, 2.24) is 0 Å². The fraction of sp³-hybridized carbons (Fsp3) is 0.733. The number of ketones is 1. The van der Waals surface area contributed by atoms with Crippen LogP contribution in [0.25, 0.3) is 0 Å². The van der Waals surface area contributed by atoms with Crippen LogP contribution in [0.15, 0.2) is 11.6 Å². The molecule has 6 atom stereocenters. The van der Waals surface area contributed by atoms with Crippen LogP contribution >= 0.6 is 0 Å². The number of fused-ring (bicyclic) bond motifs is 3. The monoisotopic (exact) mass is 296 g/mol. The van der Waals surface area contributed by atoms with Gasteiger partial charge in [0.2, 0.25) is 11.6 Å². The summed E-state index contributed by atoms with van der Waals surface area (Å²) in [7, 11) is 0. The topological polar surface area (TPSA) is 93.1 Å². The van der Waals surface area contributed by atoms with Gasteiger partial charge in [0.15, 0.2) is 6.10 Å². The number of aliphatic hydroxyl groups excluding tert-OH is 1. The van der Waals surface area contributed by atoms with Crippen LogP contribution in [0.2, 0.25) is 0 Å². The summed E-state index contributed by atoms with van der Waals surface area (Å²) in [5, 5.41) is 20.2. The van der Waals surface area contributed by atoms with Crippen LogP contribution in [0.5, 0.6) is 0 Å². The molecular weight excluding hydrogens is 276 g/mol. The Morgan fingerprint density at radius 1 is 1.48 bits per heavy atom. The molecule has 3 heterocycles. The van der Waals surface area contributed by atoms with Crippen molar-refractivity contribution in [2.45, 2.75) is 45.2 Å². The number of aliphatic carboxylic acids is 1. The van der Waals surface area contributed by atoms with Crippen molar-refractivity contribution in [1.29, 1.82) is 0 Å². The molecule has 2 bridgehead atoms. The lowest BCUT2D eigenvalue weighted by molar-refractivity contribution is -0.328. The van der Waals surface area contributed by atoms with Crippen molar-refractivity contribution < 1.29 is 29.3 Å². The van der Waals surface area contributed by atoms with E-state index in [1.165, 1.54) is 0 Å². The maximum atomic E-state index is 12.7. The molecule has 1 spiro atoms. The van der Waals surface area contributed by atoms with Gasteiger partial charge in [-0.15, -0.1) is 0 Å². The van der Waals surface area contributed by atoms with E-state index in [1.54, 1.807) is 19.9 Å². The molecule has 1 aliphatic carbocycles. The van der Waals surface area contributed by atoms with E-state index in [1.807, 2.05) is 6.92 Å². The van der Waals surface area contributed by atoms with Gasteiger partial charge in [-0.05, 0) is 24.8 Å². The second-order valence-corrected chi connectivity index (χ2v) is 6.64. The number of carbonyl (C=O) groups is 2. The first kappa shape index (κ1) is 14.7. The Bertz CT molecular complexity index is 540. The molecule has 116 valence electrons. The summed E-state index contributed by atoms with van der Waals surface area (Å²) >= 11 is 0. The Labute approximate surface area is 122 Å². The molecule has 0 aromatic rings. The van der Waals surface area contributed by atoms with Crippen molar-refractivity contribution in [2.24, 2.45) is 17.3 Å². The molecule has 0 saturated carbocycles. The van der Waals surface area contributed by atoms with Crippen molar-refractivity contribution in [2.75, 3.05) is 6.61 Å². The summed E-state index contributed by atoms with van der Waals surface area (Å²) in [5.41, 5.74) is -0.484. The second-order valence-electron chi connectivity index (χ2n) is 6.64. The van der Waals surface area contributed by atoms with Gasteiger partial charge in [0.1, 0.15) is 0 Å². The Morgan fingerprint density at radius 2 is 2.14 bits per heavy atom. The van der Waals surface area contributed by atoms with E-state index in [0.717, 1.165) is 0 Å². The number of ether oxygens (including phenoxy) is 2. The molecule has 6 nitrogen and oxygen atoms in total. The van der Waals surface area contributed by atoms with Gasteiger partial charge in [0.05, 0.1) is 18.1 Å². The van der Waals surface area contributed by atoms with Crippen LogP contribution < -0.4 is 0 Å². The average molecular weight is 296 g/mol. The number of hydrogen-bond donors (Lipinski definition) is 2. The molecule has 4 rings (SSSR count).